The minimum atomic E-state index is -0.198. The number of aliphatic imine (C=N–C) groups is 2. The van der Waals surface area contributed by atoms with E-state index in [1.54, 1.807) is 11.0 Å². The van der Waals surface area contributed by atoms with E-state index in [9.17, 15) is 9.59 Å². The molecule has 1 aliphatic rings. The molecule has 168 valence electrons. The number of ether oxygens (including phenoxy) is 1. The van der Waals surface area contributed by atoms with E-state index in [0.29, 0.717) is 35.9 Å². The number of hydrogen-bond acceptors (Lipinski definition) is 7. The lowest BCUT2D eigenvalue weighted by molar-refractivity contribution is -0.117. The molecule has 1 atom stereocenters. The van der Waals surface area contributed by atoms with Crippen LogP contribution in [0.5, 0.6) is 0 Å². The van der Waals surface area contributed by atoms with Gasteiger partial charge in [0.1, 0.15) is 6.54 Å². The van der Waals surface area contributed by atoms with E-state index < -0.39 is 0 Å². The van der Waals surface area contributed by atoms with Crippen LogP contribution in [0.1, 0.15) is 40.0 Å². The van der Waals surface area contributed by atoms with Crippen LogP contribution in [0.3, 0.4) is 0 Å². The zero-order valence-electron chi connectivity index (χ0n) is 18.5. The Morgan fingerprint density at radius 3 is 2.67 bits per heavy atom. The van der Waals surface area contributed by atoms with Crippen LogP contribution < -0.4 is 0 Å². The maximum atomic E-state index is 12.7. The van der Waals surface area contributed by atoms with Gasteiger partial charge in [0.05, 0.1) is 25.7 Å². The van der Waals surface area contributed by atoms with Crippen molar-refractivity contribution < 1.29 is 18.8 Å². The minimum absolute atomic E-state index is 0.00000453. The first-order valence-corrected chi connectivity index (χ1v) is 10.6. The smallest absolute Gasteiger partial charge is 0.266 e. The van der Waals surface area contributed by atoms with Gasteiger partial charge < -0.3 is 14.2 Å². The van der Waals surface area contributed by atoms with E-state index >= 15 is 0 Å². The molecule has 0 aliphatic carbocycles. The number of benzene rings is 2. The summed E-state index contributed by atoms with van der Waals surface area (Å²) >= 11 is 0. The van der Waals surface area contributed by atoms with Gasteiger partial charge in [0, 0.05) is 23.1 Å². The second kappa shape index (κ2) is 10.0. The Hall–Kier alpha value is -4.07. The third kappa shape index (κ3) is 5.60. The van der Waals surface area contributed by atoms with E-state index in [0.717, 1.165) is 11.3 Å². The number of ketones is 1. The highest BCUT2D eigenvalue weighted by Gasteiger charge is 2.18. The molecule has 0 radical (unpaired) electrons. The monoisotopic (exact) mass is 444 g/mol. The summed E-state index contributed by atoms with van der Waals surface area (Å²) in [6, 6.07) is 18.7. The van der Waals surface area contributed by atoms with Crippen molar-refractivity contribution in [1.82, 2.24) is 10.1 Å². The minimum Gasteiger partial charge on any atom is -0.483 e. The third-order valence-electron chi connectivity index (χ3n) is 5.30. The van der Waals surface area contributed by atoms with Crippen molar-refractivity contribution >= 4 is 29.8 Å². The van der Waals surface area contributed by atoms with Gasteiger partial charge >= 0.3 is 0 Å². The van der Waals surface area contributed by atoms with Crippen molar-refractivity contribution in [3.05, 3.63) is 83.0 Å². The number of amides is 1. The van der Waals surface area contributed by atoms with Gasteiger partial charge in [-0.2, -0.15) is 4.99 Å². The maximum Gasteiger partial charge on any atom is 0.266 e. The predicted octanol–water partition coefficient (Wildman–Crippen LogP) is 3.80. The summed E-state index contributed by atoms with van der Waals surface area (Å²) in [7, 11) is 1.51. The van der Waals surface area contributed by atoms with Crippen molar-refractivity contribution in [3.63, 3.8) is 0 Å². The molecule has 0 saturated carbocycles. The van der Waals surface area contributed by atoms with Crippen molar-refractivity contribution in [3.8, 4) is 0 Å². The van der Waals surface area contributed by atoms with Crippen LogP contribution in [0.25, 0.3) is 0 Å². The second-order valence-electron chi connectivity index (χ2n) is 7.84. The molecule has 8 nitrogen and oxygen atoms in total. The van der Waals surface area contributed by atoms with Crippen LogP contribution in [-0.4, -0.2) is 54.2 Å². The first-order valence-electron chi connectivity index (χ1n) is 10.6. The van der Waals surface area contributed by atoms with Crippen molar-refractivity contribution in [2.24, 2.45) is 9.98 Å². The highest BCUT2D eigenvalue weighted by atomic mass is 16.5. The summed E-state index contributed by atoms with van der Waals surface area (Å²) in [5.41, 5.74) is 3.11. The quantitative estimate of drug-likeness (QED) is 0.298. The number of rotatable bonds is 8. The highest BCUT2D eigenvalue weighted by Crippen LogP contribution is 2.25. The molecular formula is C25H24N4O4. The standard InChI is InChI=1S/C25H24N4O4/c1-17(11-18-7-6-10-20(12-18)25(31)19-8-4-3-5-9-19)21-13-23(33-28-21)27-24(32-2)15-29-14-22(30)26-16-29/h3-10,12-13,16-17H,11,14-15H2,1-2H3. The molecule has 1 unspecified atom stereocenters. The molecule has 0 saturated heterocycles. The van der Waals surface area contributed by atoms with Gasteiger partial charge in [-0.25, -0.2) is 4.99 Å². The Morgan fingerprint density at radius 1 is 1.15 bits per heavy atom. The van der Waals surface area contributed by atoms with E-state index in [1.165, 1.54) is 13.4 Å². The van der Waals surface area contributed by atoms with Crippen LogP contribution in [0.4, 0.5) is 5.88 Å². The Labute approximate surface area is 191 Å². The maximum absolute atomic E-state index is 12.7. The Bertz CT molecular complexity index is 1200. The molecule has 0 N–H and O–H groups in total. The third-order valence-corrected chi connectivity index (χ3v) is 5.30. The lowest BCUT2D eigenvalue weighted by atomic mass is 9.95. The molecule has 8 heteroatoms. The SMILES string of the molecule is COC(CN1C=NC(=O)C1)=Nc1cc(C(C)Cc2cccc(C(=O)c3ccccc3)c2)no1. The molecule has 0 spiro atoms. The summed E-state index contributed by atoms with van der Waals surface area (Å²) in [5.74, 6) is 0.563. The number of hydrogen-bond donors (Lipinski definition) is 0. The molecule has 0 bridgehead atoms. The fourth-order valence-electron chi connectivity index (χ4n) is 3.56. The Morgan fingerprint density at radius 2 is 1.94 bits per heavy atom. The van der Waals surface area contributed by atoms with Gasteiger partial charge in [0.15, 0.2) is 5.78 Å². The van der Waals surface area contributed by atoms with Gasteiger partial charge in [-0.05, 0) is 18.1 Å². The summed E-state index contributed by atoms with van der Waals surface area (Å²) < 4.78 is 10.7. The first kappa shape index (κ1) is 22.1. The largest absolute Gasteiger partial charge is 0.483 e. The lowest BCUT2D eigenvalue weighted by Crippen LogP contribution is -2.28. The molecular weight excluding hydrogens is 420 g/mol. The molecule has 33 heavy (non-hydrogen) atoms. The lowest BCUT2D eigenvalue weighted by Gasteiger charge is -2.12. The number of aromatic nitrogens is 1. The topological polar surface area (TPSA) is 97.4 Å². The Balaban J connectivity index is 1.42. The van der Waals surface area contributed by atoms with Crippen LogP contribution in [-0.2, 0) is 16.0 Å². The van der Waals surface area contributed by atoms with Crippen molar-refractivity contribution in [2.45, 2.75) is 19.3 Å². The van der Waals surface area contributed by atoms with Gasteiger partial charge in [0.25, 0.3) is 11.8 Å². The van der Waals surface area contributed by atoms with E-state index in [1.807, 2.05) is 61.5 Å². The van der Waals surface area contributed by atoms with Crippen LogP contribution in [0, 0.1) is 0 Å². The Kier molecular flexibility index (Phi) is 6.73. The average molecular weight is 444 g/mol. The van der Waals surface area contributed by atoms with E-state index in [-0.39, 0.29) is 24.2 Å². The molecule has 1 aliphatic heterocycles. The zero-order valence-corrected chi connectivity index (χ0v) is 18.5. The summed E-state index contributed by atoms with van der Waals surface area (Å²) in [5, 5.41) is 4.15. The number of methoxy groups -OCH3 is 1. The fourth-order valence-corrected chi connectivity index (χ4v) is 3.56. The van der Waals surface area contributed by atoms with Gasteiger partial charge in [-0.1, -0.05) is 60.6 Å². The van der Waals surface area contributed by atoms with Crippen molar-refractivity contribution in [2.75, 3.05) is 20.2 Å². The predicted molar refractivity (Wildman–Crippen MR) is 124 cm³/mol. The molecule has 1 amide bonds. The average Bonchev–Trinajstić information content (AvgIpc) is 3.47. The molecule has 2 heterocycles. The van der Waals surface area contributed by atoms with Gasteiger partial charge in [0.2, 0.25) is 5.90 Å². The summed E-state index contributed by atoms with van der Waals surface area (Å²) in [6.45, 7) is 2.55. The van der Waals surface area contributed by atoms with Gasteiger partial charge in [-0.3, -0.25) is 9.59 Å². The van der Waals surface area contributed by atoms with Crippen LogP contribution in [0.15, 0.2) is 75.2 Å². The number of nitrogens with zero attached hydrogens (tertiary/aromatic N) is 4. The van der Waals surface area contributed by atoms with E-state index in [2.05, 4.69) is 15.1 Å². The van der Waals surface area contributed by atoms with Crippen LogP contribution in [0.2, 0.25) is 0 Å². The molecule has 1 aromatic heterocycles. The zero-order chi connectivity index (χ0) is 23.2. The highest BCUT2D eigenvalue weighted by molar-refractivity contribution is 6.09. The second-order valence-corrected chi connectivity index (χ2v) is 7.84. The normalized spacial score (nSPS) is 14.5. The van der Waals surface area contributed by atoms with Crippen LogP contribution >= 0.6 is 0 Å². The number of carbonyl (C=O) groups excluding carboxylic acids is 2. The molecule has 4 rings (SSSR count). The number of carbonyl (C=O) groups is 2. The molecule has 0 fully saturated rings. The molecule has 3 aromatic rings. The summed E-state index contributed by atoms with van der Waals surface area (Å²) in [6.07, 6.45) is 2.16. The molecule has 2 aromatic carbocycles. The first-order chi connectivity index (χ1) is 16.0. The summed E-state index contributed by atoms with van der Waals surface area (Å²) in [4.78, 5) is 33.8. The fraction of sp³-hybridized carbons (Fsp3) is 0.240. The van der Waals surface area contributed by atoms with Crippen molar-refractivity contribution in [1.29, 1.82) is 0 Å². The van der Waals surface area contributed by atoms with E-state index in [4.69, 9.17) is 9.26 Å². The van der Waals surface area contributed by atoms with Gasteiger partial charge in [-0.15, -0.1) is 0 Å².